The quantitative estimate of drug-likeness (QED) is 0.671. The molecule has 5 nitrogen and oxygen atoms in total. The van der Waals surface area contributed by atoms with Crippen LogP contribution in [0.4, 0.5) is 4.79 Å². The molecule has 1 unspecified atom stereocenters. The number of urea groups is 1. The molecular formula is C13H20N2O3. The minimum absolute atomic E-state index is 0.0119. The SMILES string of the molecule is C#CCN(CC(=O)O)C(=O)NC(CC)CC1CC1. The molecule has 0 aliphatic heterocycles. The van der Waals surface area contributed by atoms with E-state index in [0.717, 1.165) is 23.7 Å². The van der Waals surface area contributed by atoms with Gasteiger partial charge in [0.15, 0.2) is 0 Å². The maximum absolute atomic E-state index is 11.9. The molecule has 0 bridgehead atoms. The molecule has 100 valence electrons. The van der Waals surface area contributed by atoms with E-state index in [1.807, 2.05) is 6.92 Å². The Bertz CT molecular complexity index is 345. The number of terminal acetylenes is 1. The van der Waals surface area contributed by atoms with Crippen molar-refractivity contribution in [1.29, 1.82) is 0 Å². The lowest BCUT2D eigenvalue weighted by atomic mass is 10.1. The van der Waals surface area contributed by atoms with Crippen LogP contribution in [0.25, 0.3) is 0 Å². The highest BCUT2D eigenvalue weighted by molar-refractivity contribution is 5.80. The Kier molecular flexibility index (Phi) is 5.50. The lowest BCUT2D eigenvalue weighted by Gasteiger charge is -2.23. The van der Waals surface area contributed by atoms with Gasteiger partial charge in [0.25, 0.3) is 0 Å². The largest absolute Gasteiger partial charge is 0.480 e. The van der Waals surface area contributed by atoms with Crippen LogP contribution < -0.4 is 5.32 Å². The Morgan fingerprint density at radius 3 is 2.67 bits per heavy atom. The summed E-state index contributed by atoms with van der Waals surface area (Å²) < 4.78 is 0. The van der Waals surface area contributed by atoms with Gasteiger partial charge in [-0.25, -0.2) is 4.79 Å². The predicted octanol–water partition coefficient (Wildman–Crippen LogP) is 1.29. The molecule has 0 radical (unpaired) electrons. The number of carbonyl (C=O) groups excluding carboxylic acids is 1. The molecule has 1 rings (SSSR count). The van der Waals surface area contributed by atoms with Crippen LogP contribution in [0.15, 0.2) is 0 Å². The second kappa shape index (κ2) is 6.90. The molecule has 1 aliphatic rings. The first kappa shape index (κ1) is 14.4. The Hall–Kier alpha value is -1.70. The van der Waals surface area contributed by atoms with E-state index < -0.39 is 5.97 Å². The predicted molar refractivity (Wildman–Crippen MR) is 68.0 cm³/mol. The molecule has 0 aromatic heterocycles. The zero-order valence-electron chi connectivity index (χ0n) is 10.7. The molecule has 0 aromatic carbocycles. The number of amides is 2. The molecule has 5 heteroatoms. The Morgan fingerprint density at radius 1 is 1.56 bits per heavy atom. The third-order valence-electron chi connectivity index (χ3n) is 3.03. The zero-order valence-corrected chi connectivity index (χ0v) is 10.7. The number of rotatable bonds is 7. The summed E-state index contributed by atoms with van der Waals surface area (Å²) in [6.07, 6.45) is 9.41. The summed E-state index contributed by atoms with van der Waals surface area (Å²) in [6.45, 7) is 1.66. The van der Waals surface area contributed by atoms with Gasteiger partial charge in [0.05, 0.1) is 6.54 Å². The highest BCUT2D eigenvalue weighted by atomic mass is 16.4. The number of nitrogens with zero attached hydrogens (tertiary/aromatic N) is 1. The van der Waals surface area contributed by atoms with Crippen LogP contribution in [-0.2, 0) is 4.79 Å². The zero-order chi connectivity index (χ0) is 13.5. The smallest absolute Gasteiger partial charge is 0.323 e. The topological polar surface area (TPSA) is 69.6 Å². The molecule has 0 spiro atoms. The number of carboxylic acid groups (broad SMARTS) is 1. The summed E-state index contributed by atoms with van der Waals surface area (Å²) in [5.74, 6) is 1.96. The van der Waals surface area contributed by atoms with Gasteiger partial charge in [-0.15, -0.1) is 6.42 Å². The van der Waals surface area contributed by atoms with Crippen molar-refractivity contribution in [3.05, 3.63) is 0 Å². The third kappa shape index (κ3) is 5.09. The van der Waals surface area contributed by atoms with Crippen LogP contribution in [0, 0.1) is 18.3 Å². The first-order valence-electron chi connectivity index (χ1n) is 6.27. The van der Waals surface area contributed by atoms with Gasteiger partial charge in [-0.1, -0.05) is 25.7 Å². The van der Waals surface area contributed by atoms with E-state index in [9.17, 15) is 9.59 Å². The van der Waals surface area contributed by atoms with E-state index in [1.165, 1.54) is 12.8 Å². The van der Waals surface area contributed by atoms with Gasteiger partial charge in [-0.05, 0) is 18.8 Å². The fourth-order valence-corrected chi connectivity index (χ4v) is 1.82. The minimum atomic E-state index is -1.06. The number of aliphatic carboxylic acids is 1. The van der Waals surface area contributed by atoms with E-state index in [4.69, 9.17) is 11.5 Å². The Morgan fingerprint density at radius 2 is 2.22 bits per heavy atom. The molecule has 0 saturated heterocycles. The Balaban J connectivity index is 2.47. The van der Waals surface area contributed by atoms with E-state index >= 15 is 0 Å². The van der Waals surface area contributed by atoms with Crippen LogP contribution in [0.5, 0.6) is 0 Å². The van der Waals surface area contributed by atoms with E-state index in [0.29, 0.717) is 0 Å². The number of carbonyl (C=O) groups is 2. The molecule has 0 heterocycles. The molecule has 2 N–H and O–H groups in total. The molecule has 1 saturated carbocycles. The van der Waals surface area contributed by atoms with Crippen LogP contribution in [0.1, 0.15) is 32.6 Å². The number of nitrogens with one attached hydrogen (secondary N) is 1. The molecule has 18 heavy (non-hydrogen) atoms. The second-order valence-electron chi connectivity index (χ2n) is 4.69. The van der Waals surface area contributed by atoms with E-state index in [2.05, 4.69) is 11.2 Å². The first-order valence-corrected chi connectivity index (χ1v) is 6.27. The van der Waals surface area contributed by atoms with Crippen molar-refractivity contribution < 1.29 is 14.7 Å². The highest BCUT2D eigenvalue weighted by Crippen LogP contribution is 2.34. The van der Waals surface area contributed by atoms with Crippen molar-refractivity contribution in [2.45, 2.75) is 38.6 Å². The van der Waals surface area contributed by atoms with E-state index in [1.54, 1.807) is 0 Å². The number of hydrogen-bond acceptors (Lipinski definition) is 2. The maximum atomic E-state index is 11.9. The van der Waals surface area contributed by atoms with Crippen LogP contribution >= 0.6 is 0 Å². The average molecular weight is 252 g/mol. The summed E-state index contributed by atoms with van der Waals surface area (Å²) in [4.78, 5) is 23.7. The van der Waals surface area contributed by atoms with Crippen molar-refractivity contribution in [1.82, 2.24) is 10.2 Å². The molecule has 1 fully saturated rings. The minimum Gasteiger partial charge on any atom is -0.480 e. The van der Waals surface area contributed by atoms with Crippen LogP contribution in [0.3, 0.4) is 0 Å². The fraction of sp³-hybridized carbons (Fsp3) is 0.692. The monoisotopic (exact) mass is 252 g/mol. The van der Waals surface area contributed by atoms with Gasteiger partial charge in [0.2, 0.25) is 0 Å². The molecule has 1 aliphatic carbocycles. The van der Waals surface area contributed by atoms with Gasteiger partial charge in [-0.3, -0.25) is 4.79 Å². The second-order valence-corrected chi connectivity index (χ2v) is 4.69. The number of hydrogen-bond donors (Lipinski definition) is 2. The fourth-order valence-electron chi connectivity index (χ4n) is 1.82. The summed E-state index contributed by atoms with van der Waals surface area (Å²) in [5, 5.41) is 11.6. The standard InChI is InChI=1S/C13H20N2O3/c1-3-7-15(9-12(16)17)13(18)14-11(4-2)8-10-5-6-10/h1,10-11H,4-9H2,2H3,(H,14,18)(H,16,17). The Labute approximate surface area is 108 Å². The number of carboxylic acids is 1. The maximum Gasteiger partial charge on any atom is 0.323 e. The lowest BCUT2D eigenvalue weighted by molar-refractivity contribution is -0.137. The van der Waals surface area contributed by atoms with Gasteiger partial charge in [-0.2, -0.15) is 0 Å². The summed E-state index contributed by atoms with van der Waals surface area (Å²) >= 11 is 0. The van der Waals surface area contributed by atoms with Crippen molar-refractivity contribution in [2.75, 3.05) is 13.1 Å². The molecule has 0 aromatic rings. The van der Waals surface area contributed by atoms with Gasteiger partial charge < -0.3 is 15.3 Å². The molecule has 1 atom stereocenters. The molecular weight excluding hydrogens is 232 g/mol. The summed E-state index contributed by atoms with van der Waals surface area (Å²) in [5.41, 5.74) is 0. The van der Waals surface area contributed by atoms with E-state index in [-0.39, 0.29) is 25.2 Å². The molecule has 2 amide bonds. The van der Waals surface area contributed by atoms with Crippen molar-refractivity contribution in [2.24, 2.45) is 5.92 Å². The van der Waals surface area contributed by atoms with Gasteiger partial charge in [0.1, 0.15) is 6.54 Å². The van der Waals surface area contributed by atoms with Gasteiger partial charge >= 0.3 is 12.0 Å². The van der Waals surface area contributed by atoms with Crippen LogP contribution in [0.2, 0.25) is 0 Å². The lowest BCUT2D eigenvalue weighted by Crippen LogP contribution is -2.46. The summed E-state index contributed by atoms with van der Waals surface area (Å²) in [7, 11) is 0. The first-order chi connectivity index (χ1) is 8.56. The van der Waals surface area contributed by atoms with Crippen molar-refractivity contribution >= 4 is 12.0 Å². The van der Waals surface area contributed by atoms with Crippen molar-refractivity contribution in [3.8, 4) is 12.3 Å². The highest BCUT2D eigenvalue weighted by Gasteiger charge is 2.26. The normalized spacial score (nSPS) is 15.6. The average Bonchev–Trinajstić information content (AvgIpc) is 3.10. The van der Waals surface area contributed by atoms with Crippen LogP contribution in [-0.4, -0.2) is 41.1 Å². The summed E-state index contributed by atoms with van der Waals surface area (Å²) in [6, 6.07) is -0.276. The van der Waals surface area contributed by atoms with Crippen molar-refractivity contribution in [3.63, 3.8) is 0 Å². The van der Waals surface area contributed by atoms with Gasteiger partial charge in [0, 0.05) is 6.04 Å². The third-order valence-corrected chi connectivity index (χ3v) is 3.03.